The monoisotopic (exact) mass is 254 g/mol. The molecule has 0 saturated heterocycles. The Morgan fingerprint density at radius 2 is 1.00 bits per heavy atom. The summed E-state index contributed by atoms with van der Waals surface area (Å²) in [5.74, 6) is -0.750. The largest absolute Gasteiger partial charge is 3.00 e. The van der Waals surface area contributed by atoms with E-state index in [0.29, 0.717) is 0 Å². The van der Waals surface area contributed by atoms with Crippen LogP contribution in [0.1, 0.15) is 27.7 Å². The molecule has 0 spiro atoms. The van der Waals surface area contributed by atoms with Crippen molar-refractivity contribution in [3.05, 3.63) is 23.7 Å². The van der Waals surface area contributed by atoms with Crippen molar-refractivity contribution in [3.63, 3.8) is 0 Å². The number of carbonyl (C=O) groups excluding carboxylic acids is 2. The van der Waals surface area contributed by atoms with Crippen molar-refractivity contribution in [1.29, 1.82) is 0 Å². The van der Waals surface area contributed by atoms with Gasteiger partial charge in [-0.25, -0.2) is 0 Å². The topological polar surface area (TPSA) is 80.3 Å². The van der Waals surface area contributed by atoms with Crippen molar-refractivity contribution < 1.29 is 36.9 Å². The number of rotatable bonds is 2. The second-order valence-electron chi connectivity index (χ2n) is 2.73. The number of carbonyl (C=O) groups is 2. The molecule has 0 N–H and O–H groups in total. The Kier molecular flexibility index (Phi) is 14.3. The molecule has 0 unspecified atom stereocenters. The minimum Gasteiger partial charge on any atom is -0.876 e. The van der Waals surface area contributed by atoms with Crippen LogP contribution in [0.5, 0.6) is 0 Å². The predicted octanol–water partition coefficient (Wildman–Crippen LogP) is -0.324. The van der Waals surface area contributed by atoms with E-state index in [4.69, 9.17) is 0 Å². The smallest absolute Gasteiger partial charge is 0.876 e. The van der Waals surface area contributed by atoms with Gasteiger partial charge in [-0.15, -0.1) is 11.5 Å². The Morgan fingerprint density at radius 3 is 1.00 bits per heavy atom. The van der Waals surface area contributed by atoms with Crippen LogP contribution in [0.2, 0.25) is 0 Å². The van der Waals surface area contributed by atoms with E-state index >= 15 is 0 Å². The Labute approximate surface area is 100 Å². The Morgan fingerprint density at radius 1 is 0.800 bits per heavy atom. The molecule has 0 bridgehead atoms. The van der Waals surface area contributed by atoms with Gasteiger partial charge in [-0.05, 0) is 26.0 Å². The molecule has 0 atom stereocenters. The minimum atomic E-state index is -0.187. The molecule has 0 amide bonds. The first-order valence-corrected chi connectivity index (χ1v) is 3.97. The number of hydrogen-bond donors (Lipinski definition) is 0. The minimum absolute atomic E-state index is 0. The Bertz CT molecular complexity index is 231. The molecule has 5 heteroatoms. The molecule has 0 aliphatic heterocycles. The molecular weight excluding hydrogens is 240 g/mol. The number of ketones is 2. The molecule has 0 aromatic carbocycles. The fraction of sp³-hybridized carbons (Fsp3) is 0.400. The zero-order valence-corrected chi connectivity index (χ0v) is 10.2. The average molecular weight is 254 g/mol. The van der Waals surface area contributed by atoms with E-state index in [1.165, 1.54) is 27.7 Å². The van der Waals surface area contributed by atoms with Gasteiger partial charge in [0.25, 0.3) is 0 Å². The van der Waals surface area contributed by atoms with Crippen LogP contribution < -0.4 is 10.2 Å². The SMILES string of the molecule is CC(=O)/C=C(/C)[O-].CC(=O)/C=C(/C)[O-].[Fe+3]. The van der Waals surface area contributed by atoms with Gasteiger partial charge in [-0.1, -0.05) is 13.8 Å². The van der Waals surface area contributed by atoms with E-state index in [1.54, 1.807) is 0 Å². The van der Waals surface area contributed by atoms with Crippen LogP contribution in [0.15, 0.2) is 23.7 Å². The normalized spacial score (nSPS) is 10.7. The van der Waals surface area contributed by atoms with Crippen LogP contribution in [-0.4, -0.2) is 11.6 Å². The van der Waals surface area contributed by atoms with Crippen LogP contribution >= 0.6 is 0 Å². The van der Waals surface area contributed by atoms with Gasteiger partial charge >= 0.3 is 17.1 Å². The molecule has 0 aromatic heterocycles. The summed E-state index contributed by atoms with van der Waals surface area (Å²) in [5, 5.41) is 20.0. The van der Waals surface area contributed by atoms with Gasteiger partial charge < -0.3 is 10.2 Å². The summed E-state index contributed by atoms with van der Waals surface area (Å²) >= 11 is 0. The summed E-state index contributed by atoms with van der Waals surface area (Å²) in [6, 6.07) is 0. The van der Waals surface area contributed by atoms with Crippen LogP contribution in [0.4, 0.5) is 0 Å². The van der Waals surface area contributed by atoms with Gasteiger partial charge in [-0.3, -0.25) is 9.59 Å². The first kappa shape index (κ1) is 19.5. The molecule has 0 aliphatic rings. The molecule has 0 aliphatic carbocycles. The summed E-state index contributed by atoms with van der Waals surface area (Å²) in [6.45, 7) is 5.39. The summed E-state index contributed by atoms with van der Waals surface area (Å²) in [7, 11) is 0. The van der Waals surface area contributed by atoms with Crippen LogP contribution in [0, 0.1) is 0 Å². The van der Waals surface area contributed by atoms with Gasteiger partial charge in [0.05, 0.1) is 0 Å². The molecule has 0 rings (SSSR count). The van der Waals surface area contributed by atoms with Gasteiger partial charge in [0.1, 0.15) is 0 Å². The van der Waals surface area contributed by atoms with Crippen molar-refractivity contribution in [3.8, 4) is 0 Å². The molecule has 0 saturated carbocycles. The van der Waals surface area contributed by atoms with Gasteiger partial charge in [0, 0.05) is 0 Å². The third-order valence-electron chi connectivity index (χ3n) is 0.813. The first-order valence-electron chi connectivity index (χ1n) is 3.97. The van der Waals surface area contributed by atoms with Crippen molar-refractivity contribution >= 4 is 11.6 Å². The van der Waals surface area contributed by atoms with E-state index in [2.05, 4.69) is 0 Å². The zero-order chi connectivity index (χ0) is 11.7. The van der Waals surface area contributed by atoms with E-state index in [-0.39, 0.29) is 40.2 Å². The summed E-state index contributed by atoms with van der Waals surface area (Å²) in [4.78, 5) is 20.0. The second-order valence-corrected chi connectivity index (χ2v) is 2.73. The first-order chi connectivity index (χ1) is 6.25. The van der Waals surface area contributed by atoms with Crippen LogP contribution in [-0.2, 0) is 26.7 Å². The maximum absolute atomic E-state index is 9.98. The maximum Gasteiger partial charge on any atom is 3.00 e. The summed E-state index contributed by atoms with van der Waals surface area (Å²) < 4.78 is 0. The maximum atomic E-state index is 9.98. The van der Waals surface area contributed by atoms with E-state index in [0.717, 1.165) is 12.2 Å². The predicted molar refractivity (Wildman–Crippen MR) is 48.9 cm³/mol. The zero-order valence-electron chi connectivity index (χ0n) is 9.14. The molecule has 0 aromatic rings. The molecule has 0 heterocycles. The van der Waals surface area contributed by atoms with Crippen LogP contribution in [0.25, 0.3) is 0 Å². The van der Waals surface area contributed by atoms with Crippen molar-refractivity contribution in [2.24, 2.45) is 0 Å². The fourth-order valence-corrected chi connectivity index (χ4v) is 0.572. The fourth-order valence-electron chi connectivity index (χ4n) is 0.572. The number of allylic oxidation sites excluding steroid dienone is 4. The Balaban J connectivity index is -0.000000180. The average Bonchev–Trinajstić information content (AvgIpc) is 1.79. The molecule has 15 heavy (non-hydrogen) atoms. The molecule has 85 valence electrons. The van der Waals surface area contributed by atoms with Crippen LogP contribution in [0.3, 0.4) is 0 Å². The molecular formula is C10H14FeO4+. The molecule has 0 fully saturated rings. The standard InChI is InChI=1S/2C5H8O2.Fe/c2*1-4(6)3-5(2)7;/h2*3,6H,1-2H3;/q;;+3/p-2/b2*4-3-;. The number of hydrogen-bond acceptors (Lipinski definition) is 4. The van der Waals surface area contributed by atoms with Crippen molar-refractivity contribution in [2.45, 2.75) is 27.7 Å². The third-order valence-corrected chi connectivity index (χ3v) is 0.813. The Hall–Kier alpha value is -1.06. The van der Waals surface area contributed by atoms with E-state index in [9.17, 15) is 19.8 Å². The summed E-state index contributed by atoms with van der Waals surface area (Å²) in [6.07, 6.45) is 2.11. The van der Waals surface area contributed by atoms with Gasteiger partial charge in [0.2, 0.25) is 0 Å². The quantitative estimate of drug-likeness (QED) is 0.384. The van der Waals surface area contributed by atoms with Crippen molar-refractivity contribution in [2.75, 3.05) is 0 Å². The van der Waals surface area contributed by atoms with Gasteiger partial charge in [0.15, 0.2) is 11.6 Å². The molecule has 4 nitrogen and oxygen atoms in total. The van der Waals surface area contributed by atoms with Gasteiger partial charge in [-0.2, -0.15) is 0 Å². The van der Waals surface area contributed by atoms with E-state index in [1.807, 2.05) is 0 Å². The third kappa shape index (κ3) is 32.2. The summed E-state index contributed by atoms with van der Waals surface area (Å²) in [5.41, 5.74) is 0. The van der Waals surface area contributed by atoms with Crippen molar-refractivity contribution in [1.82, 2.24) is 0 Å². The molecule has 1 radical (unpaired) electrons. The van der Waals surface area contributed by atoms with E-state index < -0.39 is 0 Å². The second kappa shape index (κ2) is 11.0.